The molecule has 0 amide bonds. The fourth-order valence-electron chi connectivity index (χ4n) is 6.86. The highest BCUT2D eigenvalue weighted by Crippen LogP contribution is 2.17. The first-order chi connectivity index (χ1) is 25.8. The molecule has 0 aromatic rings. The van der Waals surface area contributed by atoms with E-state index in [0.717, 1.165) is 69.6 Å². The SMILES string of the molecule is CCCCCCCCCC(=O)O[C@@H](COC(=O)CCCCCCCCCCCCCCCCC(C)CC)COC(=O)CCCCCCCCC(C)CC. The standard InChI is InChI=1S/C47H90O6/c1-6-9-10-11-20-29-34-39-47(50)53-44(41-52-46(49)38-33-28-24-23-26-31-36-43(5)8-3)40-51-45(48)37-32-27-22-19-17-15-13-12-14-16-18-21-25-30-35-42(4)7-2/h42-44H,6-41H2,1-5H3/t42?,43?,44-/m0/s1. The van der Waals surface area contributed by atoms with Gasteiger partial charge in [-0.25, -0.2) is 0 Å². The van der Waals surface area contributed by atoms with Crippen LogP contribution in [0, 0.1) is 11.8 Å². The molecule has 0 aliphatic rings. The molecule has 0 spiro atoms. The van der Waals surface area contributed by atoms with Crippen molar-refractivity contribution in [1.82, 2.24) is 0 Å². The van der Waals surface area contributed by atoms with Gasteiger partial charge in [-0.05, 0) is 31.1 Å². The first kappa shape index (κ1) is 51.4. The van der Waals surface area contributed by atoms with Crippen molar-refractivity contribution in [2.75, 3.05) is 13.2 Å². The van der Waals surface area contributed by atoms with Crippen LogP contribution in [0.2, 0.25) is 0 Å². The quantitative estimate of drug-likeness (QED) is 0.0352. The van der Waals surface area contributed by atoms with Crippen molar-refractivity contribution < 1.29 is 28.6 Å². The van der Waals surface area contributed by atoms with Crippen LogP contribution >= 0.6 is 0 Å². The van der Waals surface area contributed by atoms with Gasteiger partial charge in [-0.1, -0.05) is 214 Å². The van der Waals surface area contributed by atoms with E-state index in [2.05, 4.69) is 34.6 Å². The maximum absolute atomic E-state index is 12.6. The molecule has 2 unspecified atom stereocenters. The van der Waals surface area contributed by atoms with Gasteiger partial charge in [0.2, 0.25) is 0 Å². The molecule has 0 fully saturated rings. The lowest BCUT2D eigenvalue weighted by Crippen LogP contribution is -2.30. The van der Waals surface area contributed by atoms with Gasteiger partial charge in [0.1, 0.15) is 13.2 Å². The fraction of sp³-hybridized carbons (Fsp3) is 0.936. The number of ether oxygens (including phenoxy) is 3. The van der Waals surface area contributed by atoms with Crippen molar-refractivity contribution in [2.45, 2.75) is 259 Å². The van der Waals surface area contributed by atoms with Crippen molar-refractivity contribution in [1.29, 1.82) is 0 Å². The molecular formula is C47H90O6. The molecule has 3 atom stereocenters. The number of carbonyl (C=O) groups is 3. The molecule has 0 bridgehead atoms. The van der Waals surface area contributed by atoms with Gasteiger partial charge >= 0.3 is 17.9 Å². The number of hydrogen-bond acceptors (Lipinski definition) is 6. The Morgan fingerprint density at radius 2 is 0.660 bits per heavy atom. The van der Waals surface area contributed by atoms with Crippen LogP contribution in [-0.4, -0.2) is 37.2 Å². The molecule has 0 aromatic heterocycles. The van der Waals surface area contributed by atoms with Crippen LogP contribution in [0.1, 0.15) is 253 Å². The summed E-state index contributed by atoms with van der Waals surface area (Å²) in [4.78, 5) is 37.6. The topological polar surface area (TPSA) is 78.9 Å². The summed E-state index contributed by atoms with van der Waals surface area (Å²) in [5.74, 6) is 0.845. The first-order valence-corrected chi connectivity index (χ1v) is 23.3. The minimum Gasteiger partial charge on any atom is -0.462 e. The van der Waals surface area contributed by atoms with E-state index in [-0.39, 0.29) is 31.1 Å². The Kier molecular flexibility index (Phi) is 38.9. The lowest BCUT2D eigenvalue weighted by atomic mass is 9.99. The van der Waals surface area contributed by atoms with Crippen molar-refractivity contribution in [3.05, 3.63) is 0 Å². The van der Waals surface area contributed by atoms with E-state index >= 15 is 0 Å². The van der Waals surface area contributed by atoms with Gasteiger partial charge in [0.25, 0.3) is 0 Å². The molecule has 314 valence electrons. The third kappa shape index (κ3) is 38.5. The first-order valence-electron chi connectivity index (χ1n) is 23.3. The number of hydrogen-bond donors (Lipinski definition) is 0. The van der Waals surface area contributed by atoms with Gasteiger partial charge in [-0.15, -0.1) is 0 Å². The molecule has 6 nitrogen and oxygen atoms in total. The maximum atomic E-state index is 12.6. The highest BCUT2D eigenvalue weighted by molar-refractivity contribution is 5.71. The largest absolute Gasteiger partial charge is 0.462 e. The summed E-state index contributed by atoms with van der Waals surface area (Å²) >= 11 is 0. The molecule has 0 heterocycles. The van der Waals surface area contributed by atoms with Gasteiger partial charge in [0.05, 0.1) is 0 Å². The summed E-state index contributed by atoms with van der Waals surface area (Å²) in [7, 11) is 0. The second-order valence-corrected chi connectivity index (χ2v) is 16.5. The smallest absolute Gasteiger partial charge is 0.306 e. The van der Waals surface area contributed by atoms with Crippen molar-refractivity contribution >= 4 is 17.9 Å². The van der Waals surface area contributed by atoms with Gasteiger partial charge in [-0.3, -0.25) is 14.4 Å². The zero-order valence-corrected chi connectivity index (χ0v) is 36.1. The molecule has 0 aliphatic heterocycles. The van der Waals surface area contributed by atoms with Crippen molar-refractivity contribution in [3.63, 3.8) is 0 Å². The van der Waals surface area contributed by atoms with Crippen LogP contribution in [-0.2, 0) is 28.6 Å². The second kappa shape index (κ2) is 40.1. The molecule has 53 heavy (non-hydrogen) atoms. The molecule has 0 saturated heterocycles. The highest BCUT2D eigenvalue weighted by atomic mass is 16.6. The molecule has 6 heteroatoms. The van der Waals surface area contributed by atoms with Gasteiger partial charge in [0, 0.05) is 19.3 Å². The lowest BCUT2D eigenvalue weighted by molar-refractivity contribution is -0.167. The van der Waals surface area contributed by atoms with E-state index in [1.807, 2.05) is 0 Å². The number of carbonyl (C=O) groups excluding carboxylic acids is 3. The summed E-state index contributed by atoms with van der Waals surface area (Å²) in [6, 6.07) is 0. The summed E-state index contributed by atoms with van der Waals surface area (Å²) in [6.45, 7) is 11.3. The van der Waals surface area contributed by atoms with E-state index in [4.69, 9.17) is 14.2 Å². The van der Waals surface area contributed by atoms with Gasteiger partial charge in [-0.2, -0.15) is 0 Å². The minimum atomic E-state index is -0.759. The van der Waals surface area contributed by atoms with E-state index < -0.39 is 6.10 Å². The molecule has 0 rings (SSSR count). The fourth-order valence-corrected chi connectivity index (χ4v) is 6.86. The predicted octanol–water partition coefficient (Wildman–Crippen LogP) is 14.6. The minimum absolute atomic E-state index is 0.0657. The number of esters is 3. The van der Waals surface area contributed by atoms with Crippen molar-refractivity contribution in [3.8, 4) is 0 Å². The second-order valence-electron chi connectivity index (χ2n) is 16.5. The summed E-state index contributed by atoms with van der Waals surface area (Å²) < 4.78 is 16.7. The van der Waals surface area contributed by atoms with Crippen LogP contribution in [0.25, 0.3) is 0 Å². The van der Waals surface area contributed by atoms with Crippen LogP contribution in [0.3, 0.4) is 0 Å². The third-order valence-corrected chi connectivity index (χ3v) is 11.2. The van der Waals surface area contributed by atoms with Crippen LogP contribution in [0.5, 0.6) is 0 Å². The van der Waals surface area contributed by atoms with Crippen LogP contribution in [0.4, 0.5) is 0 Å². The van der Waals surface area contributed by atoms with E-state index in [0.29, 0.717) is 19.3 Å². The molecule has 0 N–H and O–H groups in total. The Morgan fingerprint density at radius 3 is 0.981 bits per heavy atom. The molecular weight excluding hydrogens is 661 g/mol. The average molecular weight is 751 g/mol. The summed E-state index contributed by atoms with van der Waals surface area (Å²) in [5, 5.41) is 0. The normalized spacial score (nSPS) is 13.1. The Bertz CT molecular complexity index is 813. The van der Waals surface area contributed by atoms with Crippen LogP contribution in [0.15, 0.2) is 0 Å². The van der Waals surface area contributed by atoms with E-state index in [1.54, 1.807) is 0 Å². The Morgan fingerprint density at radius 1 is 0.377 bits per heavy atom. The molecule has 0 aliphatic carbocycles. The van der Waals surface area contributed by atoms with Gasteiger partial charge < -0.3 is 14.2 Å². The predicted molar refractivity (Wildman–Crippen MR) is 224 cm³/mol. The Balaban J connectivity index is 4.18. The lowest BCUT2D eigenvalue weighted by Gasteiger charge is -2.18. The Hall–Kier alpha value is -1.59. The zero-order valence-electron chi connectivity index (χ0n) is 36.1. The molecule has 0 aromatic carbocycles. The third-order valence-electron chi connectivity index (χ3n) is 11.2. The Labute approximate surface area is 329 Å². The van der Waals surface area contributed by atoms with Gasteiger partial charge in [0.15, 0.2) is 6.10 Å². The molecule has 0 saturated carbocycles. The molecule has 0 radical (unpaired) electrons. The summed E-state index contributed by atoms with van der Waals surface area (Å²) in [5.41, 5.74) is 0. The average Bonchev–Trinajstić information content (AvgIpc) is 3.15. The van der Waals surface area contributed by atoms with Crippen molar-refractivity contribution in [2.24, 2.45) is 11.8 Å². The van der Waals surface area contributed by atoms with E-state index in [9.17, 15) is 14.4 Å². The monoisotopic (exact) mass is 751 g/mol. The number of rotatable bonds is 41. The highest BCUT2D eigenvalue weighted by Gasteiger charge is 2.19. The zero-order chi connectivity index (χ0) is 39.0. The van der Waals surface area contributed by atoms with Crippen LogP contribution < -0.4 is 0 Å². The maximum Gasteiger partial charge on any atom is 0.306 e. The number of unbranched alkanes of at least 4 members (excludes halogenated alkanes) is 24. The summed E-state index contributed by atoms with van der Waals surface area (Å²) in [6.07, 6.45) is 38.1. The van der Waals surface area contributed by atoms with E-state index in [1.165, 1.54) is 141 Å².